The summed E-state index contributed by atoms with van der Waals surface area (Å²) in [5, 5.41) is 20.0. The quantitative estimate of drug-likeness (QED) is 0.461. The molecule has 0 aliphatic heterocycles. The fourth-order valence-corrected chi connectivity index (χ4v) is 3.02. The Balaban J connectivity index is 1.40. The zero-order valence-electron chi connectivity index (χ0n) is 15.5. The van der Waals surface area contributed by atoms with Gasteiger partial charge in [0.1, 0.15) is 46.1 Å². The first kappa shape index (κ1) is 18.2. The molecular formula is C23H16N4O2. The van der Waals surface area contributed by atoms with Crippen LogP contribution in [0.5, 0.6) is 11.5 Å². The number of aromatic nitrogens is 2. The van der Waals surface area contributed by atoms with Gasteiger partial charge in [-0.05, 0) is 36.4 Å². The van der Waals surface area contributed by atoms with Crippen LogP contribution in [-0.2, 0) is 0 Å². The van der Waals surface area contributed by atoms with Gasteiger partial charge in [-0.15, -0.1) is 0 Å². The molecule has 0 bridgehead atoms. The van der Waals surface area contributed by atoms with Gasteiger partial charge in [-0.3, -0.25) is 0 Å². The molecule has 0 amide bonds. The number of nitrogens with zero attached hydrogens (tertiary/aromatic N) is 4. The molecule has 29 heavy (non-hydrogen) atoms. The molecular weight excluding hydrogens is 364 g/mol. The van der Waals surface area contributed by atoms with E-state index in [-0.39, 0.29) is 0 Å². The topological polar surface area (TPSA) is 91.8 Å². The van der Waals surface area contributed by atoms with E-state index in [0.717, 1.165) is 10.8 Å². The SMILES string of the molecule is N#Cc1ccc2cccc(OCCCOc3cccc4ccc(C#N)nc34)c2n1. The normalized spacial score (nSPS) is 10.4. The average molecular weight is 380 g/mol. The van der Waals surface area contributed by atoms with Crippen molar-refractivity contribution in [1.29, 1.82) is 10.5 Å². The first-order valence-electron chi connectivity index (χ1n) is 9.14. The van der Waals surface area contributed by atoms with E-state index in [4.69, 9.17) is 20.0 Å². The van der Waals surface area contributed by atoms with Crippen molar-refractivity contribution in [1.82, 2.24) is 9.97 Å². The highest BCUT2D eigenvalue weighted by molar-refractivity contribution is 5.85. The first-order valence-corrected chi connectivity index (χ1v) is 9.14. The lowest BCUT2D eigenvalue weighted by atomic mass is 10.2. The minimum absolute atomic E-state index is 0.358. The van der Waals surface area contributed by atoms with E-state index in [1.54, 1.807) is 12.1 Å². The zero-order valence-corrected chi connectivity index (χ0v) is 15.5. The molecule has 0 N–H and O–H groups in total. The lowest BCUT2D eigenvalue weighted by molar-refractivity contribution is 0.250. The summed E-state index contributed by atoms with van der Waals surface area (Å²) in [6, 6.07) is 22.6. The van der Waals surface area contributed by atoms with Gasteiger partial charge < -0.3 is 9.47 Å². The van der Waals surface area contributed by atoms with Gasteiger partial charge in [-0.25, -0.2) is 9.97 Å². The third-order valence-electron chi connectivity index (χ3n) is 4.40. The largest absolute Gasteiger partial charge is 0.491 e. The van der Waals surface area contributed by atoms with Gasteiger partial charge in [0, 0.05) is 17.2 Å². The summed E-state index contributed by atoms with van der Waals surface area (Å²) in [7, 11) is 0. The second-order valence-corrected chi connectivity index (χ2v) is 6.32. The summed E-state index contributed by atoms with van der Waals surface area (Å²) in [4.78, 5) is 8.68. The second kappa shape index (κ2) is 8.24. The molecule has 0 saturated carbocycles. The Morgan fingerprint density at radius 1 is 0.655 bits per heavy atom. The number of pyridine rings is 2. The fraction of sp³-hybridized carbons (Fsp3) is 0.130. The van der Waals surface area contributed by atoms with Crippen molar-refractivity contribution in [2.45, 2.75) is 6.42 Å². The molecule has 2 aromatic heterocycles. The van der Waals surface area contributed by atoms with Gasteiger partial charge in [-0.1, -0.05) is 24.3 Å². The van der Waals surface area contributed by atoms with Gasteiger partial charge >= 0.3 is 0 Å². The highest BCUT2D eigenvalue weighted by atomic mass is 16.5. The summed E-state index contributed by atoms with van der Waals surface area (Å²) in [5.41, 5.74) is 2.07. The van der Waals surface area contributed by atoms with Crippen LogP contribution in [0.1, 0.15) is 17.8 Å². The maximum Gasteiger partial charge on any atom is 0.145 e. The predicted molar refractivity (Wildman–Crippen MR) is 109 cm³/mol. The van der Waals surface area contributed by atoms with Crippen LogP contribution in [0.3, 0.4) is 0 Å². The number of hydrogen-bond acceptors (Lipinski definition) is 6. The van der Waals surface area contributed by atoms with Crippen molar-refractivity contribution >= 4 is 21.8 Å². The summed E-state index contributed by atoms with van der Waals surface area (Å²) in [6.07, 6.45) is 0.655. The van der Waals surface area contributed by atoms with Crippen LogP contribution in [0.15, 0.2) is 60.7 Å². The molecule has 0 radical (unpaired) electrons. The van der Waals surface area contributed by atoms with E-state index in [9.17, 15) is 0 Å². The van der Waals surface area contributed by atoms with Crippen LogP contribution in [0.25, 0.3) is 21.8 Å². The number of nitriles is 2. The molecule has 2 aromatic carbocycles. The molecule has 4 aromatic rings. The summed E-state index contributed by atoms with van der Waals surface area (Å²) in [5.74, 6) is 1.29. The van der Waals surface area contributed by atoms with Gasteiger partial charge in [0.05, 0.1) is 13.2 Å². The van der Waals surface area contributed by atoms with Crippen LogP contribution in [0, 0.1) is 22.7 Å². The Labute approximate surface area is 167 Å². The number of fused-ring (bicyclic) bond motifs is 2. The summed E-state index contributed by atoms with van der Waals surface area (Å²) < 4.78 is 11.7. The molecule has 140 valence electrons. The van der Waals surface area contributed by atoms with E-state index in [1.807, 2.05) is 48.5 Å². The van der Waals surface area contributed by atoms with Gasteiger partial charge in [0.25, 0.3) is 0 Å². The van der Waals surface area contributed by atoms with Crippen molar-refractivity contribution in [2.75, 3.05) is 13.2 Å². The van der Waals surface area contributed by atoms with Gasteiger partial charge in [0.15, 0.2) is 0 Å². The molecule has 0 aliphatic rings. The van der Waals surface area contributed by atoms with E-state index in [2.05, 4.69) is 22.1 Å². The number of para-hydroxylation sites is 2. The molecule has 0 saturated heterocycles. The second-order valence-electron chi connectivity index (χ2n) is 6.32. The van der Waals surface area contributed by atoms with Crippen LogP contribution in [-0.4, -0.2) is 23.2 Å². The maximum absolute atomic E-state index is 9.06. The van der Waals surface area contributed by atoms with Crippen molar-refractivity contribution < 1.29 is 9.47 Å². The summed E-state index contributed by atoms with van der Waals surface area (Å²) in [6.45, 7) is 0.887. The Hall–Kier alpha value is -4.16. The molecule has 0 unspecified atom stereocenters. The smallest absolute Gasteiger partial charge is 0.145 e. The molecule has 0 aliphatic carbocycles. The van der Waals surface area contributed by atoms with Crippen molar-refractivity contribution in [3.63, 3.8) is 0 Å². The average Bonchev–Trinajstić information content (AvgIpc) is 2.78. The molecule has 2 heterocycles. The van der Waals surface area contributed by atoms with Gasteiger partial charge in [-0.2, -0.15) is 10.5 Å². The Morgan fingerprint density at radius 3 is 1.59 bits per heavy atom. The third-order valence-corrected chi connectivity index (χ3v) is 4.40. The first-order chi connectivity index (χ1) is 14.3. The molecule has 6 heteroatoms. The van der Waals surface area contributed by atoms with Gasteiger partial charge in [0.2, 0.25) is 0 Å². The monoisotopic (exact) mass is 380 g/mol. The van der Waals surface area contributed by atoms with Crippen LogP contribution < -0.4 is 9.47 Å². The number of benzene rings is 2. The van der Waals surface area contributed by atoms with Crippen LogP contribution in [0.2, 0.25) is 0 Å². The van der Waals surface area contributed by atoms with Crippen molar-refractivity contribution in [3.8, 4) is 23.6 Å². The molecule has 0 fully saturated rings. The molecule has 0 spiro atoms. The highest BCUT2D eigenvalue weighted by Crippen LogP contribution is 2.25. The molecule has 0 atom stereocenters. The lowest BCUT2D eigenvalue weighted by Crippen LogP contribution is -2.06. The number of hydrogen-bond donors (Lipinski definition) is 0. The fourth-order valence-electron chi connectivity index (χ4n) is 3.02. The van der Waals surface area contributed by atoms with E-state index in [1.165, 1.54) is 0 Å². The van der Waals surface area contributed by atoms with E-state index < -0.39 is 0 Å². The maximum atomic E-state index is 9.06. The minimum atomic E-state index is 0.358. The molecule has 4 rings (SSSR count). The minimum Gasteiger partial charge on any atom is -0.491 e. The van der Waals surface area contributed by atoms with Crippen LogP contribution >= 0.6 is 0 Å². The standard InChI is InChI=1S/C23H16N4O2/c24-14-18-10-8-16-4-1-6-20(22(16)26-18)28-12-3-13-29-21-7-2-5-17-9-11-19(15-25)27-23(17)21/h1-2,4-11H,3,12-13H2. The Morgan fingerprint density at radius 2 is 1.14 bits per heavy atom. The van der Waals surface area contributed by atoms with Crippen molar-refractivity contribution in [2.24, 2.45) is 0 Å². The zero-order chi connectivity index (χ0) is 20.1. The van der Waals surface area contributed by atoms with Crippen molar-refractivity contribution in [3.05, 3.63) is 72.1 Å². The lowest BCUT2D eigenvalue weighted by Gasteiger charge is -2.11. The number of ether oxygens (including phenoxy) is 2. The summed E-state index contributed by atoms with van der Waals surface area (Å²) >= 11 is 0. The Kier molecular flexibility index (Phi) is 5.18. The molecule has 6 nitrogen and oxygen atoms in total. The van der Waals surface area contributed by atoms with Crippen LogP contribution in [0.4, 0.5) is 0 Å². The predicted octanol–water partition coefficient (Wildman–Crippen LogP) is 4.37. The Bertz CT molecular complexity index is 1170. The third kappa shape index (κ3) is 3.92. The van der Waals surface area contributed by atoms with E-state index >= 15 is 0 Å². The number of rotatable bonds is 6. The highest BCUT2D eigenvalue weighted by Gasteiger charge is 2.07. The van der Waals surface area contributed by atoms with E-state index in [0.29, 0.717) is 53.6 Å².